The van der Waals surface area contributed by atoms with Gasteiger partial charge in [-0.1, -0.05) is 36.4 Å². The van der Waals surface area contributed by atoms with Crippen LogP contribution in [0.15, 0.2) is 72.8 Å². The Morgan fingerprint density at radius 2 is 1.70 bits per heavy atom. The molecule has 0 aliphatic heterocycles. The fraction of sp³-hybridized carbons (Fsp3) is 0.148. The van der Waals surface area contributed by atoms with Gasteiger partial charge in [-0.3, -0.25) is 19.6 Å². The van der Waals surface area contributed by atoms with E-state index in [2.05, 4.69) is 10.6 Å². The minimum Gasteiger partial charge on any atom is -0.493 e. The summed E-state index contributed by atoms with van der Waals surface area (Å²) in [5, 5.41) is 15.3. The van der Waals surface area contributed by atoms with Crippen molar-refractivity contribution in [3.05, 3.63) is 88.8 Å². The average molecular weight is 520 g/mol. The van der Waals surface area contributed by atoms with Crippen molar-refractivity contribution in [3.63, 3.8) is 0 Å². The minimum absolute atomic E-state index is 0.238. The maximum absolute atomic E-state index is 13.4. The molecule has 0 aliphatic carbocycles. The number of benzene rings is 3. The van der Waals surface area contributed by atoms with Gasteiger partial charge < -0.3 is 20.1 Å². The molecule has 0 radical (unpaired) electrons. The van der Waals surface area contributed by atoms with Gasteiger partial charge >= 0.3 is 0 Å². The number of fused-ring (bicyclic) bond motifs is 1. The van der Waals surface area contributed by atoms with E-state index in [1.54, 1.807) is 47.9 Å². The first-order chi connectivity index (χ1) is 17.9. The third kappa shape index (κ3) is 5.88. The van der Waals surface area contributed by atoms with Crippen LogP contribution in [-0.2, 0) is 11.2 Å². The predicted molar refractivity (Wildman–Crippen MR) is 141 cm³/mol. The van der Waals surface area contributed by atoms with Crippen LogP contribution in [-0.4, -0.2) is 43.2 Å². The molecule has 3 aromatic carbocycles. The van der Waals surface area contributed by atoms with Crippen LogP contribution >= 0.6 is 11.3 Å². The molecule has 3 amide bonds. The zero-order chi connectivity index (χ0) is 26.4. The zero-order valence-electron chi connectivity index (χ0n) is 20.1. The molecule has 1 heterocycles. The van der Waals surface area contributed by atoms with Crippen molar-refractivity contribution in [1.82, 2.24) is 10.8 Å². The van der Waals surface area contributed by atoms with E-state index < -0.39 is 23.8 Å². The van der Waals surface area contributed by atoms with E-state index in [9.17, 15) is 14.4 Å². The number of nitrogens with one attached hydrogen (secondary N) is 3. The average Bonchev–Trinajstić information content (AvgIpc) is 3.35. The Morgan fingerprint density at radius 1 is 0.919 bits per heavy atom. The summed E-state index contributed by atoms with van der Waals surface area (Å²) >= 11 is 1.21. The molecule has 0 spiro atoms. The molecule has 4 aromatic rings. The summed E-state index contributed by atoms with van der Waals surface area (Å²) in [6.45, 7) is 0. The Kier molecular flexibility index (Phi) is 8.02. The Morgan fingerprint density at radius 3 is 2.41 bits per heavy atom. The van der Waals surface area contributed by atoms with Gasteiger partial charge in [-0.25, -0.2) is 5.48 Å². The molecule has 1 atom stereocenters. The highest BCUT2D eigenvalue weighted by atomic mass is 32.1. The van der Waals surface area contributed by atoms with Crippen LogP contribution in [0.2, 0.25) is 0 Å². The maximum Gasteiger partial charge on any atom is 0.284 e. The second kappa shape index (κ2) is 11.5. The van der Waals surface area contributed by atoms with E-state index in [4.69, 9.17) is 14.7 Å². The highest BCUT2D eigenvalue weighted by molar-refractivity contribution is 7.20. The van der Waals surface area contributed by atoms with E-state index in [1.165, 1.54) is 25.6 Å². The van der Waals surface area contributed by atoms with Crippen LogP contribution in [0.3, 0.4) is 0 Å². The Labute approximate surface area is 217 Å². The fourth-order valence-corrected chi connectivity index (χ4v) is 4.81. The quantitative estimate of drug-likeness (QED) is 0.196. The summed E-state index contributed by atoms with van der Waals surface area (Å²) in [5.41, 5.74) is 3.22. The summed E-state index contributed by atoms with van der Waals surface area (Å²) in [7, 11) is 2.92. The fourth-order valence-electron chi connectivity index (χ4n) is 3.88. The van der Waals surface area contributed by atoms with Crippen molar-refractivity contribution >= 4 is 44.8 Å². The molecule has 0 bridgehead atoms. The van der Waals surface area contributed by atoms with Crippen molar-refractivity contribution < 1.29 is 29.1 Å². The number of carbonyl (C=O) groups is 3. The Bertz CT molecular complexity index is 1440. The standard InChI is InChI=1S/C27H25N3O6S/c1-35-21-10-6-9-19(24(21)36-2)25(31)29-20(13-16-7-4-3-5-8-16)26(32)28-18-11-12-22-17(14-18)15-23(37-22)27(33)30-34/h3-12,14-15,20,34H,13H2,1-2H3,(H,28,32)(H,29,31)(H,30,33)/t20-/m0/s1. The molecular formula is C27H25N3O6S. The van der Waals surface area contributed by atoms with Crippen LogP contribution in [0.25, 0.3) is 10.1 Å². The summed E-state index contributed by atoms with van der Waals surface area (Å²) in [6, 6.07) is 20.2. The van der Waals surface area contributed by atoms with Gasteiger partial charge in [-0.05, 0) is 47.3 Å². The summed E-state index contributed by atoms with van der Waals surface area (Å²) in [4.78, 5) is 38.7. The van der Waals surface area contributed by atoms with Crippen LogP contribution in [0, 0.1) is 0 Å². The number of hydrogen-bond donors (Lipinski definition) is 4. The van der Waals surface area contributed by atoms with Gasteiger partial charge in [0.25, 0.3) is 11.8 Å². The molecule has 190 valence electrons. The van der Waals surface area contributed by atoms with Gasteiger partial charge in [0, 0.05) is 16.8 Å². The maximum atomic E-state index is 13.4. The first-order valence-corrected chi connectivity index (χ1v) is 12.1. The number of carbonyl (C=O) groups excluding carboxylic acids is 3. The lowest BCUT2D eigenvalue weighted by Gasteiger charge is -2.20. The van der Waals surface area contributed by atoms with Crippen molar-refractivity contribution in [2.75, 3.05) is 19.5 Å². The summed E-state index contributed by atoms with van der Waals surface area (Å²) in [6.07, 6.45) is 0.256. The molecule has 0 aliphatic rings. The largest absolute Gasteiger partial charge is 0.493 e. The number of methoxy groups -OCH3 is 2. The smallest absolute Gasteiger partial charge is 0.284 e. The van der Waals surface area contributed by atoms with Crippen LogP contribution in [0.5, 0.6) is 11.5 Å². The molecule has 0 saturated carbocycles. The summed E-state index contributed by atoms with van der Waals surface area (Å²) < 4.78 is 11.5. The minimum atomic E-state index is -0.903. The molecule has 4 N–H and O–H groups in total. The van der Waals surface area contributed by atoms with Crippen molar-refractivity contribution in [2.45, 2.75) is 12.5 Å². The molecular weight excluding hydrogens is 494 g/mol. The molecule has 0 saturated heterocycles. The number of para-hydroxylation sites is 1. The van der Waals surface area contributed by atoms with Crippen molar-refractivity contribution in [1.29, 1.82) is 0 Å². The number of rotatable bonds is 9. The molecule has 10 heteroatoms. The monoisotopic (exact) mass is 519 g/mol. The van der Waals surface area contributed by atoms with E-state index in [-0.39, 0.29) is 17.7 Å². The van der Waals surface area contributed by atoms with Gasteiger partial charge in [0.1, 0.15) is 6.04 Å². The van der Waals surface area contributed by atoms with E-state index >= 15 is 0 Å². The van der Waals surface area contributed by atoms with E-state index in [0.717, 1.165) is 15.6 Å². The lowest BCUT2D eigenvalue weighted by molar-refractivity contribution is -0.118. The molecule has 1 aromatic heterocycles. The molecule has 0 fully saturated rings. The molecule has 9 nitrogen and oxygen atoms in total. The van der Waals surface area contributed by atoms with Gasteiger partial charge in [-0.15, -0.1) is 11.3 Å². The van der Waals surface area contributed by atoms with Crippen LogP contribution in [0.4, 0.5) is 5.69 Å². The number of amides is 3. The highest BCUT2D eigenvalue weighted by Crippen LogP contribution is 2.31. The van der Waals surface area contributed by atoms with Gasteiger partial charge in [0.05, 0.1) is 24.7 Å². The third-order valence-corrected chi connectivity index (χ3v) is 6.78. The number of hydroxylamine groups is 1. The normalized spacial score (nSPS) is 11.4. The summed E-state index contributed by atoms with van der Waals surface area (Å²) in [5.74, 6) is -0.836. The first-order valence-electron chi connectivity index (χ1n) is 11.3. The highest BCUT2D eigenvalue weighted by Gasteiger charge is 2.25. The first kappa shape index (κ1) is 25.7. The zero-order valence-corrected chi connectivity index (χ0v) is 20.9. The molecule has 37 heavy (non-hydrogen) atoms. The Hall–Kier alpha value is -4.41. The number of thiophene rings is 1. The second-order valence-corrected chi connectivity index (χ2v) is 9.13. The molecule has 0 unspecified atom stereocenters. The number of hydrogen-bond acceptors (Lipinski definition) is 7. The number of ether oxygens (including phenoxy) is 2. The molecule has 4 rings (SSSR count). The van der Waals surface area contributed by atoms with E-state index in [0.29, 0.717) is 16.3 Å². The van der Waals surface area contributed by atoms with Gasteiger partial charge in [-0.2, -0.15) is 0 Å². The predicted octanol–water partition coefficient (Wildman–Crippen LogP) is 4.02. The lowest BCUT2D eigenvalue weighted by Crippen LogP contribution is -2.45. The lowest BCUT2D eigenvalue weighted by atomic mass is 10.0. The Balaban J connectivity index is 1.59. The van der Waals surface area contributed by atoms with E-state index in [1.807, 2.05) is 30.3 Å². The van der Waals surface area contributed by atoms with Crippen molar-refractivity contribution in [2.24, 2.45) is 0 Å². The second-order valence-electron chi connectivity index (χ2n) is 8.05. The SMILES string of the molecule is COc1cccc(C(=O)N[C@@H](Cc2ccccc2)C(=O)Nc2ccc3sc(C(=O)NO)cc3c2)c1OC. The third-order valence-electron chi connectivity index (χ3n) is 5.66. The topological polar surface area (TPSA) is 126 Å². The number of anilines is 1. The van der Waals surface area contributed by atoms with Crippen LogP contribution in [0.1, 0.15) is 25.6 Å². The van der Waals surface area contributed by atoms with Gasteiger partial charge in [0.15, 0.2) is 11.5 Å². The van der Waals surface area contributed by atoms with Crippen molar-refractivity contribution in [3.8, 4) is 11.5 Å². The van der Waals surface area contributed by atoms with Gasteiger partial charge in [0.2, 0.25) is 5.91 Å². The van der Waals surface area contributed by atoms with Crippen LogP contribution < -0.4 is 25.6 Å².